The summed E-state index contributed by atoms with van der Waals surface area (Å²) in [5, 5.41) is 8.81. The lowest BCUT2D eigenvalue weighted by atomic mass is 9.80. The number of hydrogen-bond donors (Lipinski definition) is 0. The topological polar surface area (TPSA) is 33.0 Å². The molecule has 31 heavy (non-hydrogen) atoms. The van der Waals surface area contributed by atoms with Crippen molar-refractivity contribution < 1.29 is 13.5 Å². The van der Waals surface area contributed by atoms with Crippen molar-refractivity contribution in [3.05, 3.63) is 53.6 Å². The van der Waals surface area contributed by atoms with Crippen molar-refractivity contribution in [3.8, 4) is 22.9 Å². The molecule has 0 unspecified atom stereocenters. The van der Waals surface area contributed by atoms with Crippen LogP contribution in [0, 0.1) is 34.8 Å². The Hall–Kier alpha value is -2.41. The Morgan fingerprint density at radius 1 is 0.871 bits per heavy atom. The highest BCUT2D eigenvalue weighted by Crippen LogP contribution is 2.33. The van der Waals surface area contributed by atoms with Crippen molar-refractivity contribution in [1.29, 1.82) is 5.26 Å². The van der Waals surface area contributed by atoms with Crippen LogP contribution in [0.3, 0.4) is 0 Å². The standard InChI is InChI=1S/C27H33F2NO/c1-2-3-4-5-6-7-20-8-10-21(11-9-20)19-31-24-15-12-22(13-16-24)25-17-14-23(18-30)26(28)27(25)29/h12-17,20-21H,2-11,19H2,1H3/t20-,21-. The van der Waals surface area contributed by atoms with Crippen molar-refractivity contribution in [3.63, 3.8) is 0 Å². The quantitative estimate of drug-likeness (QED) is 0.361. The second-order valence-electron chi connectivity index (χ2n) is 8.83. The number of benzene rings is 2. The molecular weight excluding hydrogens is 392 g/mol. The largest absolute Gasteiger partial charge is 0.493 e. The Labute approximate surface area is 185 Å². The molecule has 1 fully saturated rings. The van der Waals surface area contributed by atoms with E-state index in [1.165, 1.54) is 76.3 Å². The molecule has 2 nitrogen and oxygen atoms in total. The van der Waals surface area contributed by atoms with Crippen molar-refractivity contribution in [2.45, 2.75) is 71.1 Å². The smallest absolute Gasteiger partial charge is 0.177 e. The summed E-state index contributed by atoms with van der Waals surface area (Å²) in [7, 11) is 0. The second kappa shape index (κ2) is 11.8. The molecule has 166 valence electrons. The minimum atomic E-state index is -1.10. The summed E-state index contributed by atoms with van der Waals surface area (Å²) >= 11 is 0. The van der Waals surface area contributed by atoms with Crippen LogP contribution >= 0.6 is 0 Å². The third-order valence-electron chi connectivity index (χ3n) is 6.54. The van der Waals surface area contributed by atoms with Gasteiger partial charge in [0.05, 0.1) is 12.2 Å². The van der Waals surface area contributed by atoms with Crippen LogP contribution < -0.4 is 4.74 Å². The first-order valence-electron chi connectivity index (χ1n) is 11.7. The maximum absolute atomic E-state index is 14.2. The van der Waals surface area contributed by atoms with Crippen LogP contribution in [-0.2, 0) is 0 Å². The number of nitriles is 1. The molecule has 1 aliphatic carbocycles. The summed E-state index contributed by atoms with van der Waals surface area (Å²) in [6.07, 6.45) is 13.3. The molecule has 0 atom stereocenters. The lowest BCUT2D eigenvalue weighted by Gasteiger charge is -2.28. The molecular formula is C27H33F2NO. The van der Waals surface area contributed by atoms with Gasteiger partial charge in [-0.15, -0.1) is 0 Å². The molecule has 0 aliphatic heterocycles. The Morgan fingerprint density at radius 2 is 1.55 bits per heavy atom. The molecule has 2 aromatic carbocycles. The number of ether oxygens (including phenoxy) is 1. The maximum atomic E-state index is 14.2. The molecule has 1 saturated carbocycles. The van der Waals surface area contributed by atoms with Gasteiger partial charge in [-0.25, -0.2) is 8.78 Å². The minimum Gasteiger partial charge on any atom is -0.493 e. The van der Waals surface area contributed by atoms with Gasteiger partial charge in [-0.05, 0) is 54.5 Å². The van der Waals surface area contributed by atoms with E-state index in [1.54, 1.807) is 30.3 Å². The zero-order chi connectivity index (χ0) is 22.1. The van der Waals surface area contributed by atoms with E-state index < -0.39 is 11.6 Å². The normalized spacial score (nSPS) is 18.5. The third kappa shape index (κ3) is 6.53. The fourth-order valence-corrected chi connectivity index (χ4v) is 4.53. The molecule has 0 aromatic heterocycles. The predicted octanol–water partition coefficient (Wildman–Crippen LogP) is 8.05. The van der Waals surface area contributed by atoms with Crippen LogP contribution in [0.1, 0.15) is 76.7 Å². The number of halogens is 2. The van der Waals surface area contributed by atoms with Crippen molar-refractivity contribution in [1.82, 2.24) is 0 Å². The lowest BCUT2D eigenvalue weighted by molar-refractivity contribution is 0.177. The van der Waals surface area contributed by atoms with E-state index in [0.29, 0.717) is 18.1 Å². The first kappa shape index (κ1) is 23.3. The van der Waals surface area contributed by atoms with Gasteiger partial charge in [0.15, 0.2) is 11.6 Å². The molecule has 0 bridgehead atoms. The molecule has 4 heteroatoms. The molecule has 2 aromatic rings. The molecule has 0 amide bonds. The van der Waals surface area contributed by atoms with E-state index in [0.717, 1.165) is 11.7 Å². The van der Waals surface area contributed by atoms with Crippen LogP contribution in [0.4, 0.5) is 8.78 Å². The zero-order valence-electron chi connectivity index (χ0n) is 18.5. The van der Waals surface area contributed by atoms with Crippen LogP contribution in [-0.4, -0.2) is 6.61 Å². The highest BCUT2D eigenvalue weighted by atomic mass is 19.2. The van der Waals surface area contributed by atoms with Crippen LogP contribution in [0.5, 0.6) is 5.75 Å². The average Bonchev–Trinajstić information content (AvgIpc) is 2.80. The van der Waals surface area contributed by atoms with E-state index in [9.17, 15) is 8.78 Å². The van der Waals surface area contributed by atoms with Crippen molar-refractivity contribution in [2.75, 3.05) is 6.61 Å². The van der Waals surface area contributed by atoms with Gasteiger partial charge in [0.1, 0.15) is 11.8 Å². The predicted molar refractivity (Wildman–Crippen MR) is 121 cm³/mol. The number of rotatable bonds is 10. The molecule has 3 rings (SSSR count). The van der Waals surface area contributed by atoms with Gasteiger partial charge in [-0.1, -0.05) is 70.4 Å². The monoisotopic (exact) mass is 425 g/mol. The molecule has 1 aliphatic rings. The van der Waals surface area contributed by atoms with Gasteiger partial charge in [0, 0.05) is 5.56 Å². The highest BCUT2D eigenvalue weighted by molar-refractivity contribution is 5.66. The van der Waals surface area contributed by atoms with Crippen LogP contribution in [0.2, 0.25) is 0 Å². The molecule has 0 N–H and O–H groups in total. The van der Waals surface area contributed by atoms with E-state index >= 15 is 0 Å². The summed E-state index contributed by atoms with van der Waals surface area (Å²) in [6, 6.07) is 11.5. The van der Waals surface area contributed by atoms with Crippen LogP contribution in [0.15, 0.2) is 36.4 Å². The maximum Gasteiger partial charge on any atom is 0.177 e. The summed E-state index contributed by atoms with van der Waals surface area (Å²) < 4.78 is 34.1. The number of unbranched alkanes of at least 4 members (excludes halogenated alkanes) is 4. The Morgan fingerprint density at radius 3 is 2.23 bits per heavy atom. The van der Waals surface area contributed by atoms with Crippen molar-refractivity contribution in [2.24, 2.45) is 11.8 Å². The van der Waals surface area contributed by atoms with E-state index in [4.69, 9.17) is 10.00 Å². The summed E-state index contributed by atoms with van der Waals surface area (Å²) in [6.45, 7) is 2.97. The molecule has 0 spiro atoms. The lowest BCUT2D eigenvalue weighted by Crippen LogP contribution is -2.20. The Bertz CT molecular complexity index is 864. The highest BCUT2D eigenvalue weighted by Gasteiger charge is 2.21. The third-order valence-corrected chi connectivity index (χ3v) is 6.54. The molecule has 0 radical (unpaired) electrons. The first-order valence-corrected chi connectivity index (χ1v) is 11.7. The Balaban J connectivity index is 1.44. The van der Waals surface area contributed by atoms with Crippen LogP contribution in [0.25, 0.3) is 11.1 Å². The van der Waals surface area contributed by atoms with Gasteiger partial charge < -0.3 is 4.74 Å². The summed E-state index contributed by atoms with van der Waals surface area (Å²) in [4.78, 5) is 0. The number of nitrogens with zero attached hydrogens (tertiary/aromatic N) is 1. The first-order chi connectivity index (χ1) is 15.1. The second-order valence-corrected chi connectivity index (χ2v) is 8.83. The SMILES string of the molecule is CCCCCCC[C@H]1CC[C@H](COc2ccc(-c3ccc(C#N)c(F)c3F)cc2)CC1. The van der Waals surface area contributed by atoms with Gasteiger partial charge in [-0.3, -0.25) is 0 Å². The van der Waals surface area contributed by atoms with Gasteiger partial charge in [-0.2, -0.15) is 5.26 Å². The minimum absolute atomic E-state index is 0.149. The summed E-state index contributed by atoms with van der Waals surface area (Å²) in [5.41, 5.74) is 0.427. The van der Waals surface area contributed by atoms with Gasteiger partial charge in [0.2, 0.25) is 0 Å². The fourth-order valence-electron chi connectivity index (χ4n) is 4.53. The van der Waals surface area contributed by atoms with E-state index in [1.807, 2.05) is 0 Å². The zero-order valence-corrected chi connectivity index (χ0v) is 18.5. The van der Waals surface area contributed by atoms with Gasteiger partial charge >= 0.3 is 0 Å². The molecule has 0 saturated heterocycles. The van der Waals surface area contributed by atoms with Crippen molar-refractivity contribution >= 4 is 0 Å². The van der Waals surface area contributed by atoms with Gasteiger partial charge in [0.25, 0.3) is 0 Å². The van der Waals surface area contributed by atoms with E-state index in [2.05, 4.69) is 6.92 Å². The number of hydrogen-bond acceptors (Lipinski definition) is 2. The Kier molecular flexibility index (Phi) is 8.88. The molecule has 0 heterocycles. The fraction of sp³-hybridized carbons (Fsp3) is 0.519. The summed E-state index contributed by atoms with van der Waals surface area (Å²) in [5.74, 6) is 0.143. The average molecular weight is 426 g/mol. The van der Waals surface area contributed by atoms with E-state index in [-0.39, 0.29) is 11.1 Å².